The van der Waals surface area contributed by atoms with Crippen LogP contribution in [0.3, 0.4) is 0 Å². The number of thiazole rings is 1. The maximum absolute atomic E-state index is 13.1. The van der Waals surface area contributed by atoms with E-state index in [0.717, 1.165) is 14.6 Å². The molecule has 0 radical (unpaired) electrons. The molecular weight excluding hydrogens is 494 g/mol. The molecule has 1 N–H and O–H groups in total. The lowest BCUT2D eigenvalue weighted by atomic mass is 10.0. The lowest BCUT2D eigenvalue weighted by Gasteiger charge is -2.27. The molecule has 0 spiro atoms. The summed E-state index contributed by atoms with van der Waals surface area (Å²) >= 11 is 2.88. The Morgan fingerprint density at radius 2 is 1.67 bits per heavy atom. The number of ketones is 1. The average Bonchev–Trinajstić information content (AvgIpc) is 3.34. The van der Waals surface area contributed by atoms with E-state index >= 15 is 0 Å². The van der Waals surface area contributed by atoms with E-state index < -0.39 is 0 Å². The normalized spacial score (nSPS) is 13.5. The number of ether oxygens (including phenoxy) is 1. The van der Waals surface area contributed by atoms with Gasteiger partial charge in [0.25, 0.3) is 11.8 Å². The van der Waals surface area contributed by atoms with Gasteiger partial charge in [0.05, 0.1) is 40.3 Å². The molecule has 36 heavy (non-hydrogen) atoms. The van der Waals surface area contributed by atoms with E-state index in [1.165, 1.54) is 23.1 Å². The lowest BCUT2D eigenvalue weighted by molar-refractivity contribution is 0.0302. The van der Waals surface area contributed by atoms with Crippen molar-refractivity contribution in [2.24, 2.45) is 0 Å². The Labute approximate surface area is 216 Å². The SMILES string of the molecule is O=C(CSc1nc2ccc(NC(=O)c3ccccc3C(=O)N3CCOCC3)cc2s1)c1ccccc1. The summed E-state index contributed by atoms with van der Waals surface area (Å²) in [7, 11) is 0. The van der Waals surface area contributed by atoms with Crippen molar-refractivity contribution in [3.05, 3.63) is 89.5 Å². The zero-order chi connectivity index (χ0) is 24.9. The van der Waals surface area contributed by atoms with E-state index in [9.17, 15) is 14.4 Å². The van der Waals surface area contributed by atoms with E-state index in [-0.39, 0.29) is 17.6 Å². The number of morpholine rings is 1. The molecule has 7 nitrogen and oxygen atoms in total. The van der Waals surface area contributed by atoms with Crippen LogP contribution in [0.2, 0.25) is 0 Å². The Balaban J connectivity index is 1.28. The minimum atomic E-state index is -0.348. The molecule has 5 rings (SSSR count). The largest absolute Gasteiger partial charge is 0.378 e. The summed E-state index contributed by atoms with van der Waals surface area (Å²) in [5.41, 5.74) is 2.80. The number of benzene rings is 3. The van der Waals surface area contributed by atoms with Crippen LogP contribution in [0, 0.1) is 0 Å². The number of aromatic nitrogens is 1. The molecular formula is C27H23N3O4S2. The highest BCUT2D eigenvalue weighted by atomic mass is 32.2. The minimum Gasteiger partial charge on any atom is -0.378 e. The van der Waals surface area contributed by atoms with Crippen molar-refractivity contribution in [2.45, 2.75) is 4.34 Å². The molecule has 0 saturated carbocycles. The first kappa shape index (κ1) is 24.2. The molecule has 0 unspecified atom stereocenters. The van der Waals surface area contributed by atoms with Crippen LogP contribution in [0.4, 0.5) is 5.69 Å². The first-order valence-corrected chi connectivity index (χ1v) is 13.3. The summed E-state index contributed by atoms with van der Waals surface area (Å²) in [6, 6.07) is 21.5. The molecule has 0 aliphatic carbocycles. The lowest BCUT2D eigenvalue weighted by Crippen LogP contribution is -2.41. The molecule has 182 valence electrons. The Morgan fingerprint density at radius 1 is 0.944 bits per heavy atom. The van der Waals surface area contributed by atoms with Crippen molar-refractivity contribution in [3.8, 4) is 0 Å². The third-order valence-corrected chi connectivity index (χ3v) is 7.91. The number of Topliss-reactive ketones (excluding diaryl/α,β-unsaturated/α-hetero) is 1. The summed E-state index contributed by atoms with van der Waals surface area (Å²) in [5.74, 6) is -0.160. The number of nitrogens with one attached hydrogen (secondary N) is 1. The number of rotatable bonds is 7. The highest BCUT2D eigenvalue weighted by Gasteiger charge is 2.23. The van der Waals surface area contributed by atoms with Gasteiger partial charge >= 0.3 is 0 Å². The molecule has 2 heterocycles. The van der Waals surface area contributed by atoms with Gasteiger partial charge in [-0.15, -0.1) is 11.3 Å². The monoisotopic (exact) mass is 517 g/mol. The Hall–Kier alpha value is -3.53. The van der Waals surface area contributed by atoms with Gasteiger partial charge in [-0.1, -0.05) is 54.2 Å². The number of hydrogen-bond donors (Lipinski definition) is 1. The molecule has 0 atom stereocenters. The molecule has 9 heteroatoms. The second kappa shape index (κ2) is 11.0. The molecule has 1 fully saturated rings. The fraction of sp³-hybridized carbons (Fsp3) is 0.185. The first-order chi connectivity index (χ1) is 17.6. The van der Waals surface area contributed by atoms with Crippen molar-refractivity contribution in [1.29, 1.82) is 0 Å². The molecule has 1 aliphatic heterocycles. The van der Waals surface area contributed by atoms with Crippen LogP contribution in [0.5, 0.6) is 0 Å². The smallest absolute Gasteiger partial charge is 0.256 e. The maximum atomic E-state index is 13.1. The summed E-state index contributed by atoms with van der Waals surface area (Å²) < 4.78 is 7.02. The average molecular weight is 518 g/mol. The van der Waals surface area contributed by atoms with E-state index in [4.69, 9.17) is 4.74 Å². The Kier molecular flexibility index (Phi) is 7.41. The molecule has 0 bridgehead atoms. The van der Waals surface area contributed by atoms with Crippen LogP contribution in [0.25, 0.3) is 10.2 Å². The fourth-order valence-electron chi connectivity index (χ4n) is 3.88. The van der Waals surface area contributed by atoms with Crippen LogP contribution in [0.15, 0.2) is 77.1 Å². The molecule has 2 amide bonds. The van der Waals surface area contributed by atoms with E-state index in [1.807, 2.05) is 42.5 Å². The van der Waals surface area contributed by atoms with Gasteiger partial charge in [-0.3, -0.25) is 14.4 Å². The van der Waals surface area contributed by atoms with Gasteiger partial charge in [0, 0.05) is 24.3 Å². The topological polar surface area (TPSA) is 88.6 Å². The van der Waals surface area contributed by atoms with Gasteiger partial charge in [0.1, 0.15) is 0 Å². The highest BCUT2D eigenvalue weighted by Crippen LogP contribution is 2.32. The van der Waals surface area contributed by atoms with Crippen LogP contribution >= 0.6 is 23.1 Å². The van der Waals surface area contributed by atoms with Crippen molar-refractivity contribution in [2.75, 3.05) is 37.4 Å². The zero-order valence-corrected chi connectivity index (χ0v) is 20.9. The number of amides is 2. The highest BCUT2D eigenvalue weighted by molar-refractivity contribution is 8.01. The quantitative estimate of drug-likeness (QED) is 0.274. The van der Waals surface area contributed by atoms with Crippen molar-refractivity contribution < 1.29 is 19.1 Å². The number of thioether (sulfide) groups is 1. The number of fused-ring (bicyclic) bond motifs is 1. The number of nitrogens with zero attached hydrogens (tertiary/aromatic N) is 2. The summed E-state index contributed by atoms with van der Waals surface area (Å²) in [4.78, 5) is 44.8. The maximum Gasteiger partial charge on any atom is 0.256 e. The number of carbonyl (C=O) groups excluding carboxylic acids is 3. The molecule has 1 saturated heterocycles. The van der Waals surface area contributed by atoms with Gasteiger partial charge in [-0.2, -0.15) is 0 Å². The van der Waals surface area contributed by atoms with Crippen LogP contribution in [-0.4, -0.2) is 59.5 Å². The third-order valence-electron chi connectivity index (χ3n) is 5.75. The zero-order valence-electron chi connectivity index (χ0n) is 19.3. The minimum absolute atomic E-state index is 0.0538. The summed E-state index contributed by atoms with van der Waals surface area (Å²) in [5, 5.41) is 2.91. The number of hydrogen-bond acceptors (Lipinski definition) is 7. The Morgan fingerprint density at radius 3 is 2.44 bits per heavy atom. The summed E-state index contributed by atoms with van der Waals surface area (Å²) in [6.07, 6.45) is 0. The van der Waals surface area contributed by atoms with Crippen LogP contribution < -0.4 is 5.32 Å². The van der Waals surface area contributed by atoms with E-state index in [1.54, 1.807) is 35.2 Å². The molecule has 3 aromatic carbocycles. The standard InChI is InChI=1S/C27H23N3O4S2/c31-23(18-6-2-1-3-7-18)17-35-27-29-22-11-10-19(16-24(22)36-27)28-25(32)20-8-4-5-9-21(20)26(33)30-12-14-34-15-13-30/h1-11,16H,12-15,17H2,(H,28,32). The van der Waals surface area contributed by atoms with Gasteiger partial charge in [-0.25, -0.2) is 4.98 Å². The van der Waals surface area contributed by atoms with Crippen molar-refractivity contribution in [3.63, 3.8) is 0 Å². The summed E-state index contributed by atoms with van der Waals surface area (Å²) in [6.45, 7) is 2.01. The van der Waals surface area contributed by atoms with Gasteiger partial charge in [0.2, 0.25) is 0 Å². The predicted octanol–water partition coefficient (Wildman–Crippen LogP) is 5.00. The number of carbonyl (C=O) groups is 3. The van der Waals surface area contributed by atoms with Gasteiger partial charge in [0.15, 0.2) is 10.1 Å². The fourth-order valence-corrected chi connectivity index (χ4v) is 5.88. The second-order valence-corrected chi connectivity index (χ2v) is 10.4. The third kappa shape index (κ3) is 5.48. The molecule has 1 aliphatic rings. The predicted molar refractivity (Wildman–Crippen MR) is 142 cm³/mol. The van der Waals surface area contributed by atoms with Crippen molar-refractivity contribution >= 4 is 56.6 Å². The van der Waals surface area contributed by atoms with Gasteiger partial charge < -0.3 is 15.0 Å². The first-order valence-electron chi connectivity index (χ1n) is 11.5. The van der Waals surface area contributed by atoms with E-state index in [2.05, 4.69) is 10.3 Å². The van der Waals surface area contributed by atoms with Crippen molar-refractivity contribution in [1.82, 2.24) is 9.88 Å². The van der Waals surface area contributed by atoms with Crippen LogP contribution in [-0.2, 0) is 4.74 Å². The number of anilines is 1. The molecule has 1 aromatic heterocycles. The van der Waals surface area contributed by atoms with E-state index in [0.29, 0.717) is 54.4 Å². The second-order valence-electron chi connectivity index (χ2n) is 8.14. The Bertz CT molecular complexity index is 1420. The van der Waals surface area contributed by atoms with Gasteiger partial charge in [-0.05, 0) is 30.3 Å². The van der Waals surface area contributed by atoms with Crippen LogP contribution in [0.1, 0.15) is 31.1 Å². The molecule has 4 aromatic rings.